The Kier molecular flexibility index (Phi) is 22.4. The number of hydrogen-bond donors (Lipinski definition) is 2. The minimum Gasteiger partial charge on any atom is -0.338 e. The molecule has 0 aliphatic heterocycles. The quantitative estimate of drug-likeness (QED) is 0.100. The van der Waals surface area contributed by atoms with Gasteiger partial charge in [-0.15, -0.1) is 0 Å². The maximum Gasteiger partial charge on any atom is 0.241 e. The smallest absolute Gasteiger partial charge is 0.241 e. The molecule has 0 aliphatic rings. The van der Waals surface area contributed by atoms with Gasteiger partial charge >= 0.3 is 0 Å². The molecule has 0 aromatic carbocycles. The van der Waals surface area contributed by atoms with Gasteiger partial charge in [0.05, 0.1) is 6.61 Å². The van der Waals surface area contributed by atoms with E-state index >= 15 is 0 Å². The fourth-order valence-corrected chi connectivity index (χ4v) is 4.38. The van der Waals surface area contributed by atoms with Crippen molar-refractivity contribution in [3.63, 3.8) is 0 Å². The Morgan fingerprint density at radius 2 is 0.852 bits per heavy atom. The van der Waals surface area contributed by atoms with Crippen LogP contribution in [0.2, 0.25) is 0 Å². The summed E-state index contributed by atoms with van der Waals surface area (Å²) in [4.78, 5) is 9.24. The van der Waals surface area contributed by atoms with Crippen LogP contribution in [0.4, 0.5) is 0 Å². The highest BCUT2D eigenvalue weighted by Crippen LogP contribution is 2.47. The SMILES string of the molecule is CCCCCCCCCCCCCCCCCCCCCCOP(O)(=S)S. The van der Waals surface area contributed by atoms with Crippen LogP contribution in [0.5, 0.6) is 0 Å². The molecule has 1 atom stereocenters. The summed E-state index contributed by atoms with van der Waals surface area (Å²) in [6.07, 6.45) is 27.7. The predicted octanol–water partition coefficient (Wildman–Crippen LogP) is 8.97. The van der Waals surface area contributed by atoms with Crippen molar-refractivity contribution in [2.45, 2.75) is 135 Å². The maximum absolute atomic E-state index is 9.24. The molecule has 0 aliphatic carbocycles. The summed E-state index contributed by atoms with van der Waals surface area (Å²) < 4.78 is 5.11. The van der Waals surface area contributed by atoms with Crippen LogP contribution in [-0.4, -0.2) is 11.5 Å². The molecule has 0 aromatic heterocycles. The van der Waals surface area contributed by atoms with Crippen LogP contribution in [-0.2, 0) is 16.3 Å². The van der Waals surface area contributed by atoms with Crippen LogP contribution < -0.4 is 0 Å². The van der Waals surface area contributed by atoms with Gasteiger partial charge in [-0.1, -0.05) is 141 Å². The molecule has 0 amide bonds. The van der Waals surface area contributed by atoms with E-state index in [1.54, 1.807) is 0 Å². The van der Waals surface area contributed by atoms with Gasteiger partial charge in [0, 0.05) is 0 Å². The van der Waals surface area contributed by atoms with Gasteiger partial charge in [0.2, 0.25) is 5.69 Å². The second-order valence-corrected chi connectivity index (χ2v) is 13.2. The molecular weight excluding hydrogens is 391 g/mol. The summed E-state index contributed by atoms with van der Waals surface area (Å²) in [5, 5.41) is 0. The highest BCUT2D eigenvalue weighted by Gasteiger charge is 2.04. The third-order valence-electron chi connectivity index (χ3n) is 5.26. The fourth-order valence-electron chi connectivity index (χ4n) is 3.54. The minimum atomic E-state index is -2.73. The van der Waals surface area contributed by atoms with Crippen molar-refractivity contribution in [3.8, 4) is 0 Å². The van der Waals surface area contributed by atoms with Gasteiger partial charge < -0.3 is 9.42 Å². The van der Waals surface area contributed by atoms with E-state index in [2.05, 4.69) is 19.2 Å². The van der Waals surface area contributed by atoms with Crippen LogP contribution in [0, 0.1) is 0 Å². The summed E-state index contributed by atoms with van der Waals surface area (Å²) >= 11 is 8.58. The molecule has 0 heterocycles. The average molecular weight is 439 g/mol. The lowest BCUT2D eigenvalue weighted by Gasteiger charge is -2.08. The van der Waals surface area contributed by atoms with Crippen molar-refractivity contribution >= 4 is 29.7 Å². The maximum atomic E-state index is 9.24. The van der Waals surface area contributed by atoms with E-state index in [-0.39, 0.29) is 0 Å². The topological polar surface area (TPSA) is 29.5 Å². The zero-order valence-electron chi connectivity index (χ0n) is 18.0. The van der Waals surface area contributed by atoms with Gasteiger partial charge in [-0.05, 0) is 18.2 Å². The summed E-state index contributed by atoms with van der Waals surface area (Å²) in [5.41, 5.74) is -2.73. The first kappa shape index (κ1) is 27.9. The standard InChI is InChI=1S/C22H47O2PS2/c1-2-3-4-5-6-7-8-9-10-11-12-13-14-15-16-17-18-19-20-21-22-24-25(23,26)27/h2-22H2,1H3,(H2,23,26,27). The second kappa shape index (κ2) is 21.6. The van der Waals surface area contributed by atoms with E-state index < -0.39 is 5.69 Å². The molecule has 0 fully saturated rings. The van der Waals surface area contributed by atoms with E-state index in [0.717, 1.165) is 6.42 Å². The van der Waals surface area contributed by atoms with E-state index in [4.69, 9.17) is 16.3 Å². The molecule has 0 aromatic rings. The van der Waals surface area contributed by atoms with Crippen LogP contribution >= 0.6 is 17.9 Å². The highest BCUT2D eigenvalue weighted by atomic mass is 32.9. The molecule has 164 valence electrons. The summed E-state index contributed by atoms with van der Waals surface area (Å²) in [6, 6.07) is 0. The molecule has 1 N–H and O–H groups in total. The number of thiol groups is 1. The van der Waals surface area contributed by atoms with Crippen molar-refractivity contribution in [1.82, 2.24) is 0 Å². The Bertz CT molecular complexity index is 334. The molecule has 0 saturated heterocycles. The van der Waals surface area contributed by atoms with Crippen LogP contribution in [0.25, 0.3) is 0 Å². The molecule has 2 nitrogen and oxygen atoms in total. The lowest BCUT2D eigenvalue weighted by Crippen LogP contribution is -1.89. The Morgan fingerprint density at radius 3 is 1.11 bits per heavy atom. The zero-order chi connectivity index (χ0) is 20.1. The minimum absolute atomic E-state index is 0.552. The van der Waals surface area contributed by atoms with E-state index in [9.17, 15) is 4.89 Å². The van der Waals surface area contributed by atoms with E-state index in [0.29, 0.717) is 6.61 Å². The Hall–Kier alpha value is 0.920. The molecule has 0 bridgehead atoms. The Labute approximate surface area is 181 Å². The average Bonchev–Trinajstić information content (AvgIpc) is 2.62. The summed E-state index contributed by atoms with van der Waals surface area (Å²) in [7, 11) is 0. The molecular formula is C22H47O2PS2. The van der Waals surface area contributed by atoms with Gasteiger partial charge in [-0.25, -0.2) is 0 Å². The molecule has 0 saturated carbocycles. The Morgan fingerprint density at radius 1 is 0.593 bits per heavy atom. The first-order chi connectivity index (χ1) is 13.1. The molecule has 0 spiro atoms. The van der Waals surface area contributed by atoms with Crippen molar-refractivity contribution in [3.05, 3.63) is 0 Å². The lowest BCUT2D eigenvalue weighted by molar-refractivity contribution is 0.307. The predicted molar refractivity (Wildman–Crippen MR) is 129 cm³/mol. The van der Waals surface area contributed by atoms with E-state index in [1.807, 2.05) is 0 Å². The number of unbranched alkanes of at least 4 members (excludes halogenated alkanes) is 19. The van der Waals surface area contributed by atoms with Crippen molar-refractivity contribution in [2.75, 3.05) is 6.61 Å². The van der Waals surface area contributed by atoms with Gasteiger partial charge in [0.15, 0.2) is 0 Å². The first-order valence-electron chi connectivity index (χ1n) is 11.8. The molecule has 1 unspecified atom stereocenters. The van der Waals surface area contributed by atoms with Gasteiger partial charge in [-0.3, -0.25) is 0 Å². The molecule has 0 rings (SSSR count). The summed E-state index contributed by atoms with van der Waals surface area (Å²) in [6.45, 7) is 2.84. The third-order valence-corrected chi connectivity index (χ3v) is 6.44. The molecule has 5 heteroatoms. The largest absolute Gasteiger partial charge is 0.338 e. The van der Waals surface area contributed by atoms with Crippen molar-refractivity contribution in [2.24, 2.45) is 0 Å². The number of rotatable bonds is 22. The van der Waals surface area contributed by atoms with Gasteiger partial charge in [0.1, 0.15) is 0 Å². The monoisotopic (exact) mass is 438 g/mol. The molecule has 27 heavy (non-hydrogen) atoms. The van der Waals surface area contributed by atoms with Crippen molar-refractivity contribution < 1.29 is 9.42 Å². The molecule has 0 radical (unpaired) electrons. The second-order valence-electron chi connectivity index (χ2n) is 8.04. The van der Waals surface area contributed by atoms with Gasteiger partial charge in [0.25, 0.3) is 0 Å². The summed E-state index contributed by atoms with van der Waals surface area (Å²) in [5.74, 6) is 0. The zero-order valence-corrected chi connectivity index (χ0v) is 20.6. The normalized spacial score (nSPS) is 13.7. The third kappa shape index (κ3) is 26.9. The lowest BCUT2D eigenvalue weighted by atomic mass is 10.0. The van der Waals surface area contributed by atoms with Crippen LogP contribution in [0.3, 0.4) is 0 Å². The highest BCUT2D eigenvalue weighted by molar-refractivity contribution is 8.59. The van der Waals surface area contributed by atoms with E-state index in [1.165, 1.54) is 122 Å². The first-order valence-corrected chi connectivity index (χ1v) is 15.6. The van der Waals surface area contributed by atoms with Crippen LogP contribution in [0.1, 0.15) is 135 Å². The van der Waals surface area contributed by atoms with Crippen molar-refractivity contribution in [1.29, 1.82) is 0 Å². The van der Waals surface area contributed by atoms with Crippen LogP contribution in [0.15, 0.2) is 0 Å². The fraction of sp³-hybridized carbons (Fsp3) is 1.00. The van der Waals surface area contributed by atoms with Gasteiger partial charge in [-0.2, -0.15) is 0 Å². The Balaban J connectivity index is 3.02. The number of hydrogen-bond acceptors (Lipinski definition) is 2.